The fourth-order valence-corrected chi connectivity index (χ4v) is 3.74. The number of hydrogen-bond acceptors (Lipinski definition) is 7. The van der Waals surface area contributed by atoms with E-state index in [4.69, 9.17) is 5.26 Å². The maximum absolute atomic E-state index is 12.2. The van der Waals surface area contributed by atoms with Gasteiger partial charge >= 0.3 is 0 Å². The Balaban J connectivity index is 2.45. The molecule has 0 atom stereocenters. The molecule has 0 fully saturated rings. The summed E-state index contributed by atoms with van der Waals surface area (Å²) in [6.07, 6.45) is 0.927. The highest BCUT2D eigenvalue weighted by Crippen LogP contribution is 2.34. The average molecular weight is 407 g/mol. The van der Waals surface area contributed by atoms with Crippen LogP contribution in [0.2, 0.25) is 0 Å². The van der Waals surface area contributed by atoms with Gasteiger partial charge in [-0.05, 0) is 36.6 Å². The van der Waals surface area contributed by atoms with Gasteiger partial charge < -0.3 is 4.90 Å². The molecule has 0 saturated heterocycles. The van der Waals surface area contributed by atoms with Gasteiger partial charge in [0.2, 0.25) is 10.0 Å². The molecule has 0 aliphatic rings. The minimum Gasteiger partial charge on any atom is -0.317 e. The van der Waals surface area contributed by atoms with Crippen molar-refractivity contribution in [2.75, 3.05) is 17.7 Å². The largest absolute Gasteiger partial charge is 0.317 e. The number of hydrogen-bond donors (Lipinski definition) is 1. The molecule has 27 heavy (non-hydrogen) atoms. The van der Waals surface area contributed by atoms with Gasteiger partial charge in [0.05, 0.1) is 17.9 Å². The van der Waals surface area contributed by atoms with Crippen molar-refractivity contribution in [2.45, 2.75) is 27.7 Å². The smallest absolute Gasteiger partial charge is 0.284 e. The lowest BCUT2D eigenvalue weighted by Gasteiger charge is -2.29. The standard InChI is InChI=1S/C18H22N4O3S2/c1-12-15(16(23)21-27(5,24)25)20-17(26-12)22(11-18(2,3)4)14-8-6-13(10-19)7-9-14/h6-9H,11H2,1-5H3,(H,21,23). The molecule has 0 radical (unpaired) electrons. The third-order valence-corrected chi connectivity index (χ3v) is 5.00. The van der Waals surface area contributed by atoms with Gasteiger partial charge in [0, 0.05) is 17.1 Å². The molecule has 1 aromatic carbocycles. The molecule has 1 amide bonds. The minimum atomic E-state index is -3.67. The fourth-order valence-electron chi connectivity index (χ4n) is 2.38. The fraction of sp³-hybridized carbons (Fsp3) is 0.389. The average Bonchev–Trinajstić information content (AvgIpc) is 2.92. The van der Waals surface area contributed by atoms with Gasteiger partial charge in [0.1, 0.15) is 5.69 Å². The molecule has 7 nitrogen and oxygen atoms in total. The first-order valence-corrected chi connectivity index (χ1v) is 10.9. The molecule has 0 saturated carbocycles. The van der Waals surface area contributed by atoms with Crippen LogP contribution in [0.25, 0.3) is 0 Å². The third-order valence-electron chi connectivity index (χ3n) is 3.45. The monoisotopic (exact) mass is 406 g/mol. The Hall–Kier alpha value is -2.44. The number of aryl methyl sites for hydroxylation is 1. The second-order valence-electron chi connectivity index (χ2n) is 7.41. The van der Waals surface area contributed by atoms with Crippen LogP contribution < -0.4 is 9.62 Å². The molecule has 1 aromatic heterocycles. The number of nitrogens with one attached hydrogen (secondary N) is 1. The lowest BCUT2D eigenvalue weighted by atomic mass is 9.96. The molecule has 1 heterocycles. The van der Waals surface area contributed by atoms with Gasteiger partial charge in [0.15, 0.2) is 5.13 Å². The summed E-state index contributed by atoms with van der Waals surface area (Å²) < 4.78 is 24.6. The summed E-state index contributed by atoms with van der Waals surface area (Å²) in [5, 5.41) is 9.59. The third kappa shape index (κ3) is 5.77. The minimum absolute atomic E-state index is 0.0668. The van der Waals surface area contributed by atoms with Crippen molar-refractivity contribution >= 4 is 38.1 Å². The van der Waals surface area contributed by atoms with Gasteiger partial charge in [-0.25, -0.2) is 18.1 Å². The number of benzene rings is 1. The summed E-state index contributed by atoms with van der Waals surface area (Å²) >= 11 is 1.32. The van der Waals surface area contributed by atoms with Crippen molar-refractivity contribution in [1.29, 1.82) is 5.26 Å². The molecular weight excluding hydrogens is 384 g/mol. The zero-order chi connectivity index (χ0) is 20.4. The maximum Gasteiger partial charge on any atom is 0.284 e. The van der Waals surface area contributed by atoms with Crippen molar-refractivity contribution < 1.29 is 13.2 Å². The van der Waals surface area contributed by atoms with E-state index >= 15 is 0 Å². The second kappa shape index (κ2) is 7.66. The molecule has 0 aliphatic heterocycles. The molecule has 2 rings (SSSR count). The zero-order valence-electron chi connectivity index (χ0n) is 15.9. The van der Waals surface area contributed by atoms with Crippen molar-refractivity contribution in [2.24, 2.45) is 5.41 Å². The first-order valence-electron chi connectivity index (χ1n) is 8.17. The molecule has 0 aliphatic carbocycles. The van der Waals surface area contributed by atoms with E-state index in [0.29, 0.717) is 22.1 Å². The Morgan fingerprint density at radius 2 is 1.89 bits per heavy atom. The molecular formula is C18H22N4O3S2. The number of carbonyl (C=O) groups excluding carboxylic acids is 1. The Morgan fingerprint density at radius 3 is 2.37 bits per heavy atom. The molecule has 0 bridgehead atoms. The predicted octanol–water partition coefficient (Wildman–Crippen LogP) is 3.20. The van der Waals surface area contributed by atoms with Crippen LogP contribution in [-0.4, -0.2) is 32.1 Å². The first-order chi connectivity index (χ1) is 12.4. The summed E-state index contributed by atoms with van der Waals surface area (Å²) in [4.78, 5) is 19.2. The van der Waals surface area contributed by atoms with Crippen LogP contribution in [0.4, 0.5) is 10.8 Å². The Labute approximate surface area is 163 Å². The summed E-state index contributed by atoms with van der Waals surface area (Å²) in [7, 11) is -3.67. The summed E-state index contributed by atoms with van der Waals surface area (Å²) in [5.41, 5.74) is 1.42. The number of nitriles is 1. The number of aromatic nitrogens is 1. The Morgan fingerprint density at radius 1 is 1.30 bits per heavy atom. The summed E-state index contributed by atoms with van der Waals surface area (Å²) in [6, 6.07) is 9.20. The van der Waals surface area contributed by atoms with Crippen molar-refractivity contribution in [3.63, 3.8) is 0 Å². The maximum atomic E-state index is 12.2. The van der Waals surface area contributed by atoms with Crippen LogP contribution >= 0.6 is 11.3 Å². The number of nitrogens with zero attached hydrogens (tertiary/aromatic N) is 3. The molecule has 0 spiro atoms. The van der Waals surface area contributed by atoms with Crippen LogP contribution in [-0.2, 0) is 10.0 Å². The van der Waals surface area contributed by atoms with E-state index in [1.54, 1.807) is 19.1 Å². The number of amides is 1. The van der Waals surface area contributed by atoms with E-state index in [1.165, 1.54) is 11.3 Å². The normalized spacial score (nSPS) is 11.7. The Kier molecular flexibility index (Phi) is 5.92. The van der Waals surface area contributed by atoms with E-state index in [-0.39, 0.29) is 11.1 Å². The zero-order valence-corrected chi connectivity index (χ0v) is 17.5. The number of thiazole rings is 1. The SMILES string of the molecule is Cc1sc(N(CC(C)(C)C)c2ccc(C#N)cc2)nc1C(=O)NS(C)(=O)=O. The van der Waals surface area contributed by atoms with Crippen molar-refractivity contribution in [1.82, 2.24) is 9.71 Å². The molecule has 1 N–H and O–H groups in total. The Bertz CT molecular complexity index is 981. The van der Waals surface area contributed by atoms with E-state index in [2.05, 4.69) is 31.8 Å². The van der Waals surface area contributed by atoms with Crippen LogP contribution in [0.15, 0.2) is 24.3 Å². The van der Waals surface area contributed by atoms with Gasteiger partial charge in [-0.15, -0.1) is 11.3 Å². The highest BCUT2D eigenvalue weighted by atomic mass is 32.2. The quantitative estimate of drug-likeness (QED) is 0.818. The summed E-state index contributed by atoms with van der Waals surface area (Å²) in [5.74, 6) is -0.743. The van der Waals surface area contributed by atoms with Gasteiger partial charge in [-0.1, -0.05) is 20.8 Å². The van der Waals surface area contributed by atoms with Crippen LogP contribution in [0.3, 0.4) is 0 Å². The number of sulfonamides is 1. The molecule has 9 heteroatoms. The number of carbonyl (C=O) groups is 1. The van der Waals surface area contributed by atoms with E-state index < -0.39 is 15.9 Å². The molecule has 2 aromatic rings. The highest BCUT2D eigenvalue weighted by molar-refractivity contribution is 7.89. The second-order valence-corrected chi connectivity index (χ2v) is 10.3. The number of anilines is 2. The lowest BCUT2D eigenvalue weighted by Crippen LogP contribution is -2.31. The van der Waals surface area contributed by atoms with E-state index in [1.807, 2.05) is 21.8 Å². The van der Waals surface area contributed by atoms with Crippen LogP contribution in [0.1, 0.15) is 41.7 Å². The van der Waals surface area contributed by atoms with Gasteiger partial charge in [-0.3, -0.25) is 4.79 Å². The summed E-state index contributed by atoms with van der Waals surface area (Å²) in [6.45, 7) is 8.61. The molecule has 0 unspecified atom stereocenters. The number of rotatable bonds is 5. The first kappa shape index (κ1) is 20.9. The predicted molar refractivity (Wildman–Crippen MR) is 107 cm³/mol. The highest BCUT2D eigenvalue weighted by Gasteiger charge is 2.25. The van der Waals surface area contributed by atoms with E-state index in [9.17, 15) is 13.2 Å². The van der Waals surface area contributed by atoms with Crippen molar-refractivity contribution in [3.8, 4) is 6.07 Å². The topological polar surface area (TPSA) is 103 Å². The van der Waals surface area contributed by atoms with Gasteiger partial charge in [-0.2, -0.15) is 5.26 Å². The van der Waals surface area contributed by atoms with Crippen LogP contribution in [0, 0.1) is 23.7 Å². The van der Waals surface area contributed by atoms with Crippen molar-refractivity contribution in [3.05, 3.63) is 40.4 Å². The van der Waals surface area contributed by atoms with E-state index in [0.717, 1.165) is 11.9 Å². The van der Waals surface area contributed by atoms with Crippen LogP contribution in [0.5, 0.6) is 0 Å². The van der Waals surface area contributed by atoms with Gasteiger partial charge in [0.25, 0.3) is 5.91 Å². The lowest BCUT2D eigenvalue weighted by molar-refractivity contribution is 0.0977. The molecule has 144 valence electrons.